The normalized spacial score (nSPS) is 23.1. The van der Waals surface area contributed by atoms with Gasteiger partial charge in [-0.1, -0.05) is 0 Å². The average Bonchev–Trinajstić information content (AvgIpc) is 3.38. The van der Waals surface area contributed by atoms with E-state index in [1.54, 1.807) is 0 Å². The Hall–Kier alpha value is -1.53. The lowest BCUT2D eigenvalue weighted by Gasteiger charge is -2.33. The van der Waals surface area contributed by atoms with Gasteiger partial charge in [-0.25, -0.2) is 18.1 Å². The Kier molecular flexibility index (Phi) is 4.40. The van der Waals surface area contributed by atoms with Crippen molar-refractivity contribution in [1.29, 1.82) is 5.26 Å². The van der Waals surface area contributed by atoms with E-state index in [1.807, 2.05) is 6.07 Å². The molecule has 0 aromatic carbocycles. The van der Waals surface area contributed by atoms with E-state index in [0.29, 0.717) is 12.6 Å². The zero-order chi connectivity index (χ0) is 15.6. The summed E-state index contributed by atoms with van der Waals surface area (Å²) in [5, 5.41) is 8.68. The number of aromatic nitrogens is 1. The predicted octanol–water partition coefficient (Wildman–Crippen LogP) is 0.0948. The Morgan fingerprint density at radius 1 is 1.45 bits per heavy atom. The Morgan fingerprint density at radius 3 is 2.91 bits per heavy atom. The zero-order valence-electron chi connectivity index (χ0n) is 12.1. The van der Waals surface area contributed by atoms with Gasteiger partial charge in [0, 0.05) is 31.9 Å². The molecule has 1 saturated heterocycles. The fraction of sp³-hybridized carbons (Fsp3) is 0.571. The van der Waals surface area contributed by atoms with Crippen LogP contribution in [0.15, 0.2) is 23.2 Å². The Bertz CT molecular complexity index is 664. The van der Waals surface area contributed by atoms with Gasteiger partial charge in [0.15, 0.2) is 0 Å². The van der Waals surface area contributed by atoms with Gasteiger partial charge in [-0.2, -0.15) is 5.26 Å². The molecule has 1 aromatic heterocycles. The maximum Gasteiger partial charge on any atom is 0.242 e. The molecule has 0 spiro atoms. The molecule has 1 saturated carbocycles. The number of rotatable bonds is 5. The predicted molar refractivity (Wildman–Crippen MR) is 78.5 cm³/mol. The van der Waals surface area contributed by atoms with E-state index < -0.39 is 10.0 Å². The summed E-state index contributed by atoms with van der Waals surface area (Å²) in [6.07, 6.45) is 3.53. The number of hydrogen-bond acceptors (Lipinski definition) is 6. The van der Waals surface area contributed by atoms with Crippen LogP contribution < -0.4 is 4.72 Å². The number of ether oxygens (including phenoxy) is 1. The van der Waals surface area contributed by atoms with Gasteiger partial charge in [0.2, 0.25) is 10.0 Å². The second-order valence-corrected chi connectivity index (χ2v) is 7.33. The SMILES string of the molecule is N#Cc1ccc(S(=O)(=O)NCC2CN(C3CC3)CCO2)cn1. The smallest absolute Gasteiger partial charge is 0.242 e. The summed E-state index contributed by atoms with van der Waals surface area (Å²) in [5.41, 5.74) is 0.189. The minimum Gasteiger partial charge on any atom is -0.374 e. The lowest BCUT2D eigenvalue weighted by atomic mass is 10.2. The van der Waals surface area contributed by atoms with Gasteiger partial charge in [0.25, 0.3) is 0 Å². The highest BCUT2D eigenvalue weighted by molar-refractivity contribution is 7.89. The van der Waals surface area contributed by atoms with Gasteiger partial charge in [-0.05, 0) is 25.0 Å². The Balaban J connectivity index is 1.58. The first kappa shape index (κ1) is 15.4. The fourth-order valence-electron chi connectivity index (χ4n) is 2.53. The first-order valence-electron chi connectivity index (χ1n) is 7.30. The third-order valence-corrected chi connectivity index (χ3v) is 5.30. The molecule has 0 radical (unpaired) electrons. The Labute approximate surface area is 130 Å². The summed E-state index contributed by atoms with van der Waals surface area (Å²) in [4.78, 5) is 6.21. The molecule has 8 heteroatoms. The summed E-state index contributed by atoms with van der Waals surface area (Å²) in [6.45, 7) is 2.57. The zero-order valence-corrected chi connectivity index (χ0v) is 12.9. The van der Waals surface area contributed by atoms with Crippen molar-refractivity contribution in [3.63, 3.8) is 0 Å². The van der Waals surface area contributed by atoms with Crippen molar-refractivity contribution < 1.29 is 13.2 Å². The first-order chi connectivity index (χ1) is 10.6. The molecule has 0 amide bonds. The molecule has 7 nitrogen and oxygen atoms in total. The second-order valence-electron chi connectivity index (χ2n) is 5.56. The highest BCUT2D eigenvalue weighted by Crippen LogP contribution is 2.28. The maximum absolute atomic E-state index is 12.2. The van der Waals surface area contributed by atoms with Crippen LogP contribution in [0.4, 0.5) is 0 Å². The van der Waals surface area contributed by atoms with Crippen LogP contribution >= 0.6 is 0 Å². The molecular formula is C14H18N4O3S. The third-order valence-electron chi connectivity index (χ3n) is 3.90. The molecule has 1 aliphatic heterocycles. The van der Waals surface area contributed by atoms with Crippen molar-refractivity contribution in [3.05, 3.63) is 24.0 Å². The number of nitrogens with zero attached hydrogens (tertiary/aromatic N) is 3. The second kappa shape index (κ2) is 6.30. The molecule has 118 valence electrons. The van der Waals surface area contributed by atoms with Crippen molar-refractivity contribution in [1.82, 2.24) is 14.6 Å². The van der Waals surface area contributed by atoms with Gasteiger partial charge in [0.05, 0.1) is 12.7 Å². The quantitative estimate of drug-likeness (QED) is 0.826. The highest BCUT2D eigenvalue weighted by Gasteiger charge is 2.33. The average molecular weight is 322 g/mol. The molecular weight excluding hydrogens is 304 g/mol. The monoisotopic (exact) mass is 322 g/mol. The van der Waals surface area contributed by atoms with Crippen LogP contribution in [0.1, 0.15) is 18.5 Å². The van der Waals surface area contributed by atoms with E-state index in [9.17, 15) is 8.42 Å². The highest BCUT2D eigenvalue weighted by atomic mass is 32.2. The molecule has 2 fully saturated rings. The number of nitrogens with one attached hydrogen (secondary N) is 1. The standard InChI is InChI=1S/C14H18N4O3S/c15-7-11-1-4-14(9-16-11)22(19,20)17-8-13-10-18(5-6-21-13)12-2-3-12/h1,4,9,12-13,17H,2-3,5-6,8,10H2. The first-order valence-corrected chi connectivity index (χ1v) is 8.78. The Morgan fingerprint density at radius 2 is 2.27 bits per heavy atom. The van der Waals surface area contributed by atoms with Crippen LogP contribution in [0.3, 0.4) is 0 Å². The van der Waals surface area contributed by atoms with Crippen LogP contribution in [0.25, 0.3) is 0 Å². The van der Waals surface area contributed by atoms with Crippen LogP contribution in [0.2, 0.25) is 0 Å². The molecule has 1 N–H and O–H groups in total. The van der Waals surface area contributed by atoms with Gasteiger partial charge in [0.1, 0.15) is 16.7 Å². The van der Waals surface area contributed by atoms with Gasteiger partial charge in [-0.15, -0.1) is 0 Å². The summed E-state index contributed by atoms with van der Waals surface area (Å²) in [6, 6.07) is 5.29. The summed E-state index contributed by atoms with van der Waals surface area (Å²) < 4.78 is 32.6. The fourth-order valence-corrected chi connectivity index (χ4v) is 3.54. The maximum atomic E-state index is 12.2. The number of pyridine rings is 1. The summed E-state index contributed by atoms with van der Waals surface area (Å²) in [5.74, 6) is 0. The molecule has 1 aromatic rings. The number of nitriles is 1. The number of hydrogen-bond donors (Lipinski definition) is 1. The molecule has 1 unspecified atom stereocenters. The van der Waals surface area contributed by atoms with Crippen molar-refractivity contribution in [2.75, 3.05) is 26.2 Å². The largest absolute Gasteiger partial charge is 0.374 e. The van der Waals surface area contributed by atoms with Crippen molar-refractivity contribution in [2.24, 2.45) is 0 Å². The molecule has 0 bridgehead atoms. The van der Waals surface area contributed by atoms with Crippen molar-refractivity contribution in [2.45, 2.75) is 29.9 Å². The topological polar surface area (TPSA) is 95.3 Å². The molecule has 1 aliphatic carbocycles. The summed E-state index contributed by atoms with van der Waals surface area (Å²) in [7, 11) is -3.63. The minimum atomic E-state index is -3.63. The number of morpholine rings is 1. The van der Waals surface area contributed by atoms with Crippen LogP contribution in [0.5, 0.6) is 0 Å². The van der Waals surface area contributed by atoms with Crippen molar-refractivity contribution >= 4 is 10.0 Å². The third kappa shape index (κ3) is 3.62. The van der Waals surface area contributed by atoms with Crippen LogP contribution in [-0.2, 0) is 14.8 Å². The van der Waals surface area contributed by atoms with E-state index >= 15 is 0 Å². The van der Waals surface area contributed by atoms with E-state index in [1.165, 1.54) is 31.2 Å². The molecule has 2 aliphatic rings. The lowest BCUT2D eigenvalue weighted by molar-refractivity contribution is -0.0277. The molecule has 3 rings (SSSR count). The van der Waals surface area contributed by atoms with Crippen LogP contribution in [0, 0.1) is 11.3 Å². The van der Waals surface area contributed by atoms with Crippen molar-refractivity contribution in [3.8, 4) is 6.07 Å². The summed E-state index contributed by atoms with van der Waals surface area (Å²) >= 11 is 0. The molecule has 22 heavy (non-hydrogen) atoms. The molecule has 1 atom stereocenters. The van der Waals surface area contributed by atoms with E-state index in [-0.39, 0.29) is 23.2 Å². The lowest BCUT2D eigenvalue weighted by Crippen LogP contribution is -2.48. The van der Waals surface area contributed by atoms with E-state index in [0.717, 1.165) is 13.1 Å². The van der Waals surface area contributed by atoms with E-state index in [4.69, 9.17) is 10.00 Å². The molecule has 2 heterocycles. The number of sulfonamides is 1. The van der Waals surface area contributed by atoms with Gasteiger partial charge < -0.3 is 4.74 Å². The minimum absolute atomic E-state index is 0.0568. The van der Waals surface area contributed by atoms with Gasteiger partial charge in [-0.3, -0.25) is 4.90 Å². The van der Waals surface area contributed by atoms with E-state index in [2.05, 4.69) is 14.6 Å². The van der Waals surface area contributed by atoms with Gasteiger partial charge >= 0.3 is 0 Å². The van der Waals surface area contributed by atoms with Crippen LogP contribution in [-0.4, -0.2) is 56.7 Å².